The van der Waals surface area contributed by atoms with Crippen molar-refractivity contribution in [2.45, 2.75) is 26.7 Å². The predicted molar refractivity (Wildman–Crippen MR) is 63.3 cm³/mol. The number of aryl methyl sites for hydroxylation is 1. The van der Waals surface area contributed by atoms with Gasteiger partial charge in [0.1, 0.15) is 0 Å². The van der Waals surface area contributed by atoms with Crippen LogP contribution in [0.2, 0.25) is 0 Å². The standard InChI is InChI=1S/C13H19NO/c1-9(2)11-7-6-10(3)12(8-11)13(15)14(4)5/h6-9H,1-5H3. The molecule has 0 aromatic heterocycles. The predicted octanol–water partition coefficient (Wildman–Crippen LogP) is 2.82. The molecule has 1 amide bonds. The smallest absolute Gasteiger partial charge is 0.253 e. The highest BCUT2D eigenvalue weighted by atomic mass is 16.2. The molecule has 0 aliphatic heterocycles. The van der Waals surface area contributed by atoms with Gasteiger partial charge in [-0.3, -0.25) is 4.79 Å². The van der Waals surface area contributed by atoms with Crippen molar-refractivity contribution in [1.29, 1.82) is 0 Å². The van der Waals surface area contributed by atoms with E-state index in [1.54, 1.807) is 19.0 Å². The topological polar surface area (TPSA) is 20.3 Å². The van der Waals surface area contributed by atoms with Crippen molar-refractivity contribution >= 4 is 5.91 Å². The van der Waals surface area contributed by atoms with Crippen molar-refractivity contribution in [2.75, 3.05) is 14.1 Å². The first kappa shape index (κ1) is 11.8. The highest BCUT2D eigenvalue weighted by molar-refractivity contribution is 5.95. The molecule has 0 saturated carbocycles. The van der Waals surface area contributed by atoms with Gasteiger partial charge in [-0.25, -0.2) is 0 Å². The van der Waals surface area contributed by atoms with Gasteiger partial charge in [-0.1, -0.05) is 26.0 Å². The normalized spacial score (nSPS) is 10.5. The van der Waals surface area contributed by atoms with Crippen molar-refractivity contribution in [3.8, 4) is 0 Å². The summed E-state index contributed by atoms with van der Waals surface area (Å²) in [4.78, 5) is 13.5. The molecule has 1 aromatic carbocycles. The SMILES string of the molecule is Cc1ccc(C(C)C)cc1C(=O)N(C)C. The van der Waals surface area contributed by atoms with E-state index in [1.165, 1.54) is 5.56 Å². The summed E-state index contributed by atoms with van der Waals surface area (Å²) < 4.78 is 0. The van der Waals surface area contributed by atoms with Crippen molar-refractivity contribution in [3.05, 3.63) is 34.9 Å². The van der Waals surface area contributed by atoms with Gasteiger partial charge in [0.25, 0.3) is 5.91 Å². The van der Waals surface area contributed by atoms with E-state index in [2.05, 4.69) is 19.9 Å². The van der Waals surface area contributed by atoms with Gasteiger partial charge in [0.2, 0.25) is 0 Å². The zero-order chi connectivity index (χ0) is 11.6. The molecule has 0 spiro atoms. The van der Waals surface area contributed by atoms with Crippen LogP contribution in [-0.2, 0) is 0 Å². The highest BCUT2D eigenvalue weighted by Gasteiger charge is 2.12. The van der Waals surface area contributed by atoms with Crippen LogP contribution in [0.3, 0.4) is 0 Å². The van der Waals surface area contributed by atoms with Crippen molar-refractivity contribution in [1.82, 2.24) is 4.90 Å². The maximum absolute atomic E-state index is 11.9. The average molecular weight is 205 g/mol. The Bertz CT molecular complexity index is 367. The Morgan fingerprint density at radius 2 is 1.87 bits per heavy atom. The van der Waals surface area contributed by atoms with E-state index in [1.807, 2.05) is 19.1 Å². The minimum absolute atomic E-state index is 0.0787. The largest absolute Gasteiger partial charge is 0.345 e. The van der Waals surface area contributed by atoms with Gasteiger partial charge in [0.15, 0.2) is 0 Å². The Hall–Kier alpha value is -1.31. The van der Waals surface area contributed by atoms with Gasteiger partial charge < -0.3 is 4.90 Å². The Morgan fingerprint density at radius 1 is 1.27 bits per heavy atom. The van der Waals surface area contributed by atoms with Crippen LogP contribution in [0.5, 0.6) is 0 Å². The molecule has 2 heteroatoms. The lowest BCUT2D eigenvalue weighted by molar-refractivity contribution is 0.0827. The molecule has 1 aromatic rings. The number of amides is 1. The van der Waals surface area contributed by atoms with Crippen LogP contribution in [0, 0.1) is 6.92 Å². The van der Waals surface area contributed by atoms with E-state index < -0.39 is 0 Å². The van der Waals surface area contributed by atoms with E-state index in [0.717, 1.165) is 11.1 Å². The van der Waals surface area contributed by atoms with Gasteiger partial charge in [0.05, 0.1) is 0 Å². The molecule has 0 aliphatic carbocycles. The summed E-state index contributed by atoms with van der Waals surface area (Å²) in [6, 6.07) is 6.11. The Labute approximate surface area is 91.9 Å². The van der Waals surface area contributed by atoms with E-state index in [9.17, 15) is 4.79 Å². The molecule has 82 valence electrons. The van der Waals surface area contributed by atoms with E-state index in [-0.39, 0.29) is 5.91 Å². The number of carbonyl (C=O) groups is 1. The van der Waals surface area contributed by atoms with Crippen LogP contribution >= 0.6 is 0 Å². The molecule has 2 nitrogen and oxygen atoms in total. The monoisotopic (exact) mass is 205 g/mol. The molecule has 0 saturated heterocycles. The molecule has 0 N–H and O–H groups in total. The van der Waals surface area contributed by atoms with Crippen LogP contribution < -0.4 is 0 Å². The molecule has 0 bridgehead atoms. The highest BCUT2D eigenvalue weighted by Crippen LogP contribution is 2.19. The molecule has 0 heterocycles. The lowest BCUT2D eigenvalue weighted by Gasteiger charge is -2.14. The van der Waals surface area contributed by atoms with Gasteiger partial charge in [-0.15, -0.1) is 0 Å². The summed E-state index contributed by atoms with van der Waals surface area (Å²) >= 11 is 0. The lowest BCUT2D eigenvalue weighted by Crippen LogP contribution is -2.22. The van der Waals surface area contributed by atoms with Crippen LogP contribution in [-0.4, -0.2) is 24.9 Å². The minimum Gasteiger partial charge on any atom is -0.345 e. The van der Waals surface area contributed by atoms with E-state index >= 15 is 0 Å². The van der Waals surface area contributed by atoms with Crippen LogP contribution in [0.15, 0.2) is 18.2 Å². The van der Waals surface area contributed by atoms with Crippen LogP contribution in [0.1, 0.15) is 41.3 Å². The summed E-state index contributed by atoms with van der Waals surface area (Å²) in [6.07, 6.45) is 0. The van der Waals surface area contributed by atoms with Crippen LogP contribution in [0.4, 0.5) is 0 Å². The van der Waals surface area contributed by atoms with Gasteiger partial charge in [0, 0.05) is 19.7 Å². The third kappa shape index (κ3) is 2.58. The lowest BCUT2D eigenvalue weighted by atomic mass is 9.97. The van der Waals surface area contributed by atoms with Crippen molar-refractivity contribution in [2.24, 2.45) is 0 Å². The molecule has 0 fully saturated rings. The third-order valence-electron chi connectivity index (χ3n) is 2.56. The number of hydrogen-bond acceptors (Lipinski definition) is 1. The fourth-order valence-corrected chi connectivity index (χ4v) is 1.47. The molecule has 0 unspecified atom stereocenters. The average Bonchev–Trinajstić information content (AvgIpc) is 2.16. The number of hydrogen-bond donors (Lipinski definition) is 0. The first-order valence-electron chi connectivity index (χ1n) is 5.25. The molecule has 0 atom stereocenters. The van der Waals surface area contributed by atoms with Crippen LogP contribution in [0.25, 0.3) is 0 Å². The van der Waals surface area contributed by atoms with Crippen molar-refractivity contribution < 1.29 is 4.79 Å². The Morgan fingerprint density at radius 3 is 2.33 bits per heavy atom. The maximum Gasteiger partial charge on any atom is 0.253 e. The molecule has 0 radical (unpaired) electrons. The number of nitrogens with zero attached hydrogens (tertiary/aromatic N) is 1. The summed E-state index contributed by atoms with van der Waals surface area (Å²) in [7, 11) is 3.56. The second kappa shape index (κ2) is 4.47. The fourth-order valence-electron chi connectivity index (χ4n) is 1.47. The first-order chi connectivity index (χ1) is 6.93. The third-order valence-corrected chi connectivity index (χ3v) is 2.56. The minimum atomic E-state index is 0.0787. The van der Waals surface area contributed by atoms with Gasteiger partial charge in [-0.2, -0.15) is 0 Å². The maximum atomic E-state index is 11.9. The molecular formula is C13H19NO. The van der Waals surface area contributed by atoms with Crippen molar-refractivity contribution in [3.63, 3.8) is 0 Å². The molecule has 1 rings (SSSR count). The van der Waals surface area contributed by atoms with E-state index in [4.69, 9.17) is 0 Å². The second-order valence-electron chi connectivity index (χ2n) is 4.43. The van der Waals surface area contributed by atoms with Gasteiger partial charge in [-0.05, 0) is 30.0 Å². The summed E-state index contributed by atoms with van der Waals surface area (Å²) in [5.74, 6) is 0.536. The molecule has 15 heavy (non-hydrogen) atoms. The second-order valence-corrected chi connectivity index (χ2v) is 4.43. The number of rotatable bonds is 2. The summed E-state index contributed by atoms with van der Waals surface area (Å²) in [5.41, 5.74) is 3.06. The summed E-state index contributed by atoms with van der Waals surface area (Å²) in [6.45, 7) is 6.24. The Kier molecular flexibility index (Phi) is 3.51. The zero-order valence-electron chi connectivity index (χ0n) is 10.2. The first-order valence-corrected chi connectivity index (χ1v) is 5.25. The summed E-state index contributed by atoms with van der Waals surface area (Å²) in [5, 5.41) is 0. The fraction of sp³-hybridized carbons (Fsp3) is 0.462. The molecular weight excluding hydrogens is 186 g/mol. The molecule has 0 aliphatic rings. The Balaban J connectivity index is 3.16. The number of carbonyl (C=O) groups excluding carboxylic acids is 1. The van der Waals surface area contributed by atoms with E-state index in [0.29, 0.717) is 5.92 Å². The zero-order valence-corrected chi connectivity index (χ0v) is 10.2. The number of benzene rings is 1. The quantitative estimate of drug-likeness (QED) is 0.727. The van der Waals surface area contributed by atoms with Gasteiger partial charge >= 0.3 is 0 Å².